The van der Waals surface area contributed by atoms with E-state index in [9.17, 15) is 14.0 Å². The molecule has 0 aromatic carbocycles. The highest BCUT2D eigenvalue weighted by atomic mass is 35.5. The van der Waals surface area contributed by atoms with E-state index in [4.69, 9.17) is 16.3 Å². The number of methoxy groups -OCH3 is 1. The minimum absolute atomic E-state index is 0.109. The first kappa shape index (κ1) is 12.3. The molecule has 0 saturated heterocycles. The molecule has 2 heterocycles. The number of hydrogen-bond acceptors (Lipinski definition) is 4. The zero-order valence-electron chi connectivity index (χ0n) is 9.11. The van der Waals surface area contributed by atoms with Gasteiger partial charge in [-0.1, -0.05) is 11.6 Å². The van der Waals surface area contributed by atoms with Crippen molar-refractivity contribution >= 4 is 11.6 Å². The SMILES string of the molecule is COc1ccc(-n2c(=O)[nH]c(Cl)c(F)c2=O)cn1. The summed E-state index contributed by atoms with van der Waals surface area (Å²) in [6.45, 7) is 0. The van der Waals surface area contributed by atoms with Crippen LogP contribution in [0.3, 0.4) is 0 Å². The van der Waals surface area contributed by atoms with E-state index in [-0.39, 0.29) is 5.69 Å². The van der Waals surface area contributed by atoms with Gasteiger partial charge in [0.2, 0.25) is 11.7 Å². The van der Waals surface area contributed by atoms with Crippen LogP contribution >= 0.6 is 11.6 Å². The molecule has 0 unspecified atom stereocenters. The third kappa shape index (κ3) is 2.00. The molecule has 0 bridgehead atoms. The number of aromatic nitrogens is 3. The third-order valence-electron chi connectivity index (χ3n) is 2.19. The second kappa shape index (κ2) is 4.61. The molecule has 2 rings (SSSR count). The first-order valence-corrected chi connectivity index (χ1v) is 5.13. The van der Waals surface area contributed by atoms with Gasteiger partial charge in [0.05, 0.1) is 19.0 Å². The number of nitrogens with zero attached hydrogens (tertiary/aromatic N) is 2. The summed E-state index contributed by atoms with van der Waals surface area (Å²) < 4.78 is 18.7. The van der Waals surface area contributed by atoms with Crippen molar-refractivity contribution in [3.05, 3.63) is 50.1 Å². The summed E-state index contributed by atoms with van der Waals surface area (Å²) in [5.74, 6) is -0.926. The Bertz CT molecular complexity index is 693. The van der Waals surface area contributed by atoms with Gasteiger partial charge in [-0.05, 0) is 6.07 Å². The lowest BCUT2D eigenvalue weighted by Crippen LogP contribution is -2.35. The average molecular weight is 272 g/mol. The maximum absolute atomic E-state index is 13.3. The largest absolute Gasteiger partial charge is 0.481 e. The molecule has 0 fully saturated rings. The van der Waals surface area contributed by atoms with Crippen LogP contribution in [0, 0.1) is 5.82 Å². The number of rotatable bonds is 2. The smallest absolute Gasteiger partial charge is 0.334 e. The van der Waals surface area contributed by atoms with Crippen molar-refractivity contribution < 1.29 is 9.13 Å². The van der Waals surface area contributed by atoms with Crippen LogP contribution in [0.5, 0.6) is 5.88 Å². The number of H-pyrrole nitrogens is 1. The van der Waals surface area contributed by atoms with Crippen molar-refractivity contribution in [1.82, 2.24) is 14.5 Å². The van der Waals surface area contributed by atoms with Gasteiger partial charge in [-0.2, -0.15) is 4.39 Å². The molecule has 0 aliphatic rings. The fourth-order valence-corrected chi connectivity index (χ4v) is 1.51. The van der Waals surface area contributed by atoms with Crippen LogP contribution in [-0.4, -0.2) is 21.6 Å². The van der Waals surface area contributed by atoms with Crippen molar-refractivity contribution in [2.45, 2.75) is 0 Å². The van der Waals surface area contributed by atoms with Gasteiger partial charge in [0.1, 0.15) is 0 Å². The third-order valence-corrected chi connectivity index (χ3v) is 2.45. The summed E-state index contributed by atoms with van der Waals surface area (Å²) in [7, 11) is 1.42. The summed E-state index contributed by atoms with van der Waals surface area (Å²) in [4.78, 5) is 29.0. The molecule has 0 aliphatic heterocycles. The number of aromatic amines is 1. The van der Waals surface area contributed by atoms with E-state index in [1.54, 1.807) is 0 Å². The predicted molar refractivity (Wildman–Crippen MR) is 62.0 cm³/mol. The average Bonchev–Trinajstić information content (AvgIpc) is 2.37. The van der Waals surface area contributed by atoms with Gasteiger partial charge in [-0.3, -0.25) is 9.78 Å². The first-order valence-electron chi connectivity index (χ1n) is 4.75. The molecule has 0 saturated carbocycles. The molecule has 0 aliphatic carbocycles. The Kier molecular flexibility index (Phi) is 3.15. The molecule has 1 N–H and O–H groups in total. The lowest BCUT2D eigenvalue weighted by atomic mass is 10.4. The van der Waals surface area contributed by atoms with Crippen LogP contribution in [0.25, 0.3) is 5.69 Å². The molecule has 0 spiro atoms. The minimum atomic E-state index is -1.23. The van der Waals surface area contributed by atoms with E-state index in [2.05, 4.69) is 4.98 Å². The summed E-state index contributed by atoms with van der Waals surface area (Å²) in [6, 6.07) is 2.84. The molecule has 6 nitrogen and oxygen atoms in total. The first-order chi connectivity index (χ1) is 8.54. The fourth-order valence-electron chi connectivity index (χ4n) is 1.35. The van der Waals surface area contributed by atoms with Crippen LogP contribution in [0.2, 0.25) is 5.15 Å². The Morgan fingerprint density at radius 3 is 2.72 bits per heavy atom. The summed E-state index contributed by atoms with van der Waals surface area (Å²) in [5, 5.41) is -0.622. The Balaban J connectivity index is 2.67. The lowest BCUT2D eigenvalue weighted by molar-refractivity contribution is 0.397. The topological polar surface area (TPSA) is 77.0 Å². The monoisotopic (exact) mass is 271 g/mol. The molecule has 94 valence electrons. The molecule has 0 radical (unpaired) electrons. The maximum Gasteiger partial charge on any atom is 0.334 e. The van der Waals surface area contributed by atoms with E-state index >= 15 is 0 Å². The van der Waals surface area contributed by atoms with Crippen LogP contribution in [-0.2, 0) is 0 Å². The highest BCUT2D eigenvalue weighted by Gasteiger charge is 2.13. The van der Waals surface area contributed by atoms with E-state index in [0.29, 0.717) is 10.4 Å². The molecule has 8 heteroatoms. The van der Waals surface area contributed by atoms with Gasteiger partial charge >= 0.3 is 5.69 Å². The van der Waals surface area contributed by atoms with E-state index in [0.717, 1.165) is 0 Å². The lowest BCUT2D eigenvalue weighted by Gasteiger charge is -2.05. The van der Waals surface area contributed by atoms with Gasteiger partial charge in [0, 0.05) is 6.07 Å². The summed E-state index contributed by atoms with van der Waals surface area (Å²) in [6.07, 6.45) is 1.21. The zero-order chi connectivity index (χ0) is 13.3. The predicted octanol–water partition coefficient (Wildman–Crippen LogP) is 0.722. The Morgan fingerprint density at radius 2 is 2.17 bits per heavy atom. The normalized spacial score (nSPS) is 10.4. The second-order valence-corrected chi connectivity index (χ2v) is 3.64. The van der Waals surface area contributed by atoms with Crippen molar-refractivity contribution in [2.75, 3.05) is 7.11 Å². The van der Waals surface area contributed by atoms with Crippen molar-refractivity contribution in [1.29, 1.82) is 0 Å². The van der Waals surface area contributed by atoms with Crippen LogP contribution < -0.4 is 16.0 Å². The number of ether oxygens (including phenoxy) is 1. The second-order valence-electron chi connectivity index (χ2n) is 3.26. The summed E-state index contributed by atoms with van der Waals surface area (Å²) in [5.41, 5.74) is -1.88. The Morgan fingerprint density at radius 1 is 1.44 bits per heavy atom. The Hall–Kier alpha value is -2.15. The van der Waals surface area contributed by atoms with Crippen molar-refractivity contribution in [3.63, 3.8) is 0 Å². The van der Waals surface area contributed by atoms with Crippen LogP contribution in [0.4, 0.5) is 4.39 Å². The van der Waals surface area contributed by atoms with Crippen molar-refractivity contribution in [3.8, 4) is 11.6 Å². The molecular formula is C10H7ClFN3O3. The Labute approximate surface area is 105 Å². The minimum Gasteiger partial charge on any atom is -0.481 e. The van der Waals surface area contributed by atoms with Gasteiger partial charge in [0.25, 0.3) is 5.56 Å². The van der Waals surface area contributed by atoms with Crippen molar-refractivity contribution in [2.24, 2.45) is 0 Å². The van der Waals surface area contributed by atoms with E-state index in [1.165, 1.54) is 25.4 Å². The molecule has 0 amide bonds. The molecule has 18 heavy (non-hydrogen) atoms. The number of pyridine rings is 1. The van der Waals surface area contributed by atoms with E-state index in [1.807, 2.05) is 4.98 Å². The molecular weight excluding hydrogens is 265 g/mol. The number of hydrogen-bond donors (Lipinski definition) is 1. The highest BCUT2D eigenvalue weighted by molar-refractivity contribution is 6.29. The molecule has 0 atom stereocenters. The zero-order valence-corrected chi connectivity index (χ0v) is 9.86. The van der Waals surface area contributed by atoms with Crippen LogP contribution in [0.15, 0.2) is 27.9 Å². The standard InChI is InChI=1S/C10H7ClFN3O3/c1-18-6-3-2-5(4-13-6)15-9(16)7(12)8(11)14-10(15)17/h2-4H,1H3,(H,14,17). The highest BCUT2D eigenvalue weighted by Crippen LogP contribution is 2.09. The quantitative estimate of drug-likeness (QED) is 0.817. The fraction of sp³-hybridized carbons (Fsp3) is 0.100. The van der Waals surface area contributed by atoms with Gasteiger partial charge in [0.15, 0.2) is 5.15 Å². The van der Waals surface area contributed by atoms with E-state index < -0.39 is 22.2 Å². The number of nitrogens with one attached hydrogen (secondary N) is 1. The molecule has 2 aromatic rings. The van der Waals surface area contributed by atoms with Gasteiger partial charge < -0.3 is 4.74 Å². The van der Waals surface area contributed by atoms with Crippen LogP contribution in [0.1, 0.15) is 0 Å². The molecule has 2 aromatic heterocycles. The summed E-state index contributed by atoms with van der Waals surface area (Å²) >= 11 is 5.35. The van der Waals surface area contributed by atoms with Gasteiger partial charge in [-0.15, -0.1) is 0 Å². The number of halogens is 2. The van der Waals surface area contributed by atoms with Gasteiger partial charge in [-0.25, -0.2) is 14.3 Å². The maximum atomic E-state index is 13.3.